The van der Waals surface area contributed by atoms with Crippen molar-refractivity contribution in [2.45, 2.75) is 45.1 Å². The lowest BCUT2D eigenvalue weighted by molar-refractivity contribution is 0.132. The van der Waals surface area contributed by atoms with Crippen molar-refractivity contribution in [3.63, 3.8) is 0 Å². The maximum absolute atomic E-state index is 6.19. The van der Waals surface area contributed by atoms with Crippen molar-refractivity contribution in [2.24, 2.45) is 5.41 Å². The van der Waals surface area contributed by atoms with Crippen molar-refractivity contribution >= 4 is 22.9 Å². The summed E-state index contributed by atoms with van der Waals surface area (Å²) in [6.07, 6.45) is 6.38. The number of aryl methyl sites for hydroxylation is 1. The topological polar surface area (TPSA) is 15.3 Å². The van der Waals surface area contributed by atoms with Gasteiger partial charge >= 0.3 is 0 Å². The second-order valence-electron chi connectivity index (χ2n) is 6.87. The molecule has 1 fully saturated rings. The van der Waals surface area contributed by atoms with Crippen LogP contribution in [0.25, 0.3) is 0 Å². The molecule has 0 radical (unpaired) electrons. The zero-order valence-electron chi connectivity index (χ0n) is 12.5. The summed E-state index contributed by atoms with van der Waals surface area (Å²) in [4.78, 5) is 3.95. The number of thiophene rings is 1. The van der Waals surface area contributed by atoms with Crippen LogP contribution in [0.5, 0.6) is 0 Å². The number of rotatable bonds is 3. The van der Waals surface area contributed by atoms with Crippen LogP contribution in [0.15, 0.2) is 6.07 Å². The molecule has 1 N–H and O–H groups in total. The molecular weight excluding hydrogens is 288 g/mol. The second-order valence-corrected chi connectivity index (χ2v) is 8.64. The van der Waals surface area contributed by atoms with Gasteiger partial charge in [-0.25, -0.2) is 0 Å². The lowest BCUT2D eigenvalue weighted by Gasteiger charge is -2.39. The Morgan fingerprint density at radius 2 is 2.20 bits per heavy atom. The van der Waals surface area contributed by atoms with Crippen LogP contribution in [-0.2, 0) is 6.42 Å². The van der Waals surface area contributed by atoms with Gasteiger partial charge in [-0.1, -0.05) is 18.5 Å². The zero-order chi connectivity index (χ0) is 14.2. The molecule has 4 heteroatoms. The fourth-order valence-electron chi connectivity index (χ4n) is 3.44. The number of piperidine rings is 1. The maximum atomic E-state index is 6.19. The molecule has 0 bridgehead atoms. The van der Waals surface area contributed by atoms with Crippen molar-refractivity contribution in [1.82, 2.24) is 10.2 Å². The van der Waals surface area contributed by atoms with E-state index in [-0.39, 0.29) is 0 Å². The van der Waals surface area contributed by atoms with E-state index < -0.39 is 0 Å². The molecule has 2 nitrogen and oxygen atoms in total. The minimum Gasteiger partial charge on any atom is -0.309 e. The Hall–Kier alpha value is -0.0900. The number of nitrogens with zero attached hydrogens (tertiary/aromatic N) is 1. The average molecular weight is 313 g/mol. The monoisotopic (exact) mass is 312 g/mol. The smallest absolute Gasteiger partial charge is 0.0934 e. The molecule has 1 unspecified atom stereocenters. The Labute approximate surface area is 131 Å². The molecule has 1 aromatic rings. The van der Waals surface area contributed by atoms with Gasteiger partial charge in [0.05, 0.1) is 4.34 Å². The summed E-state index contributed by atoms with van der Waals surface area (Å²) in [5.74, 6) is 0. The fourth-order valence-corrected chi connectivity index (χ4v) is 4.82. The minimum absolute atomic E-state index is 0.462. The van der Waals surface area contributed by atoms with E-state index in [9.17, 15) is 0 Å². The van der Waals surface area contributed by atoms with Crippen molar-refractivity contribution in [3.8, 4) is 0 Å². The first-order chi connectivity index (χ1) is 9.56. The summed E-state index contributed by atoms with van der Waals surface area (Å²) in [5, 5.41) is 3.85. The Kier molecular flexibility index (Phi) is 4.42. The van der Waals surface area contributed by atoms with Crippen molar-refractivity contribution in [1.29, 1.82) is 0 Å². The molecule has 1 atom stereocenters. The quantitative estimate of drug-likeness (QED) is 0.904. The third kappa shape index (κ3) is 3.22. The third-order valence-electron chi connectivity index (χ3n) is 5.05. The van der Waals surface area contributed by atoms with E-state index >= 15 is 0 Å². The molecule has 0 spiro atoms. The third-order valence-corrected chi connectivity index (χ3v) is 6.39. The number of hydrogen-bond donors (Lipinski definition) is 1. The normalized spacial score (nSPS) is 26.4. The van der Waals surface area contributed by atoms with Gasteiger partial charge in [0.25, 0.3) is 0 Å². The Morgan fingerprint density at radius 1 is 1.45 bits per heavy atom. The van der Waals surface area contributed by atoms with Gasteiger partial charge in [-0.05, 0) is 69.3 Å². The van der Waals surface area contributed by atoms with Gasteiger partial charge in [-0.3, -0.25) is 0 Å². The standard InChI is InChI=1S/C16H25ClN2S/c1-16(6-8-19(2)9-7-16)11-18-13-4-3-5-14-12(13)10-15(17)20-14/h10,13,18H,3-9,11H2,1-2H3. The molecule has 20 heavy (non-hydrogen) atoms. The van der Waals surface area contributed by atoms with E-state index in [0.717, 1.165) is 10.9 Å². The molecule has 2 aliphatic rings. The minimum atomic E-state index is 0.462. The highest BCUT2D eigenvalue weighted by Crippen LogP contribution is 2.38. The largest absolute Gasteiger partial charge is 0.309 e. The number of fused-ring (bicyclic) bond motifs is 1. The van der Waals surface area contributed by atoms with Crippen LogP contribution < -0.4 is 5.32 Å². The van der Waals surface area contributed by atoms with Crippen LogP contribution in [0, 0.1) is 5.41 Å². The van der Waals surface area contributed by atoms with Crippen LogP contribution in [-0.4, -0.2) is 31.6 Å². The zero-order valence-corrected chi connectivity index (χ0v) is 14.1. The van der Waals surface area contributed by atoms with Crippen LogP contribution in [0.2, 0.25) is 4.34 Å². The number of nitrogens with one attached hydrogen (secondary N) is 1. The first-order valence-electron chi connectivity index (χ1n) is 7.76. The van der Waals surface area contributed by atoms with Gasteiger partial charge < -0.3 is 10.2 Å². The molecular formula is C16H25ClN2S. The van der Waals surface area contributed by atoms with Crippen LogP contribution >= 0.6 is 22.9 Å². The second kappa shape index (κ2) is 5.96. The molecule has 1 aliphatic heterocycles. The predicted molar refractivity (Wildman–Crippen MR) is 87.8 cm³/mol. The van der Waals surface area contributed by atoms with E-state index in [1.165, 1.54) is 55.6 Å². The molecule has 1 aliphatic carbocycles. The van der Waals surface area contributed by atoms with E-state index in [0.29, 0.717) is 11.5 Å². The molecule has 1 saturated heterocycles. The van der Waals surface area contributed by atoms with Gasteiger partial charge in [0.2, 0.25) is 0 Å². The number of likely N-dealkylation sites (tertiary alicyclic amines) is 1. The molecule has 1 aromatic heterocycles. The van der Waals surface area contributed by atoms with Gasteiger partial charge in [0.1, 0.15) is 0 Å². The highest BCUT2D eigenvalue weighted by Gasteiger charge is 2.30. The van der Waals surface area contributed by atoms with E-state index in [1.54, 1.807) is 11.3 Å². The van der Waals surface area contributed by atoms with Crippen LogP contribution in [0.1, 0.15) is 49.1 Å². The van der Waals surface area contributed by atoms with E-state index in [1.807, 2.05) is 0 Å². The lowest BCUT2D eigenvalue weighted by atomic mass is 9.80. The van der Waals surface area contributed by atoms with Crippen LogP contribution in [0.3, 0.4) is 0 Å². The average Bonchev–Trinajstić information content (AvgIpc) is 2.81. The molecule has 0 aromatic carbocycles. The molecule has 0 amide bonds. The summed E-state index contributed by atoms with van der Waals surface area (Å²) < 4.78 is 0.953. The molecule has 2 heterocycles. The molecule has 3 rings (SSSR count). The molecule has 0 saturated carbocycles. The summed E-state index contributed by atoms with van der Waals surface area (Å²) in [6.45, 7) is 6.05. The summed E-state index contributed by atoms with van der Waals surface area (Å²) in [6, 6.07) is 2.72. The van der Waals surface area contributed by atoms with Crippen molar-refractivity contribution < 1.29 is 0 Å². The SMILES string of the molecule is CN1CCC(C)(CNC2CCCc3sc(Cl)cc32)CC1. The maximum Gasteiger partial charge on any atom is 0.0934 e. The Morgan fingerprint density at radius 3 is 2.95 bits per heavy atom. The Balaban J connectivity index is 1.62. The van der Waals surface area contributed by atoms with Crippen molar-refractivity contribution in [2.75, 3.05) is 26.7 Å². The van der Waals surface area contributed by atoms with Crippen molar-refractivity contribution in [3.05, 3.63) is 20.8 Å². The Bertz CT molecular complexity index is 463. The lowest BCUT2D eigenvalue weighted by Crippen LogP contribution is -2.43. The summed E-state index contributed by atoms with van der Waals surface area (Å²) >= 11 is 7.97. The van der Waals surface area contributed by atoms with Crippen LogP contribution in [0.4, 0.5) is 0 Å². The van der Waals surface area contributed by atoms with E-state index in [2.05, 4.69) is 30.3 Å². The number of hydrogen-bond acceptors (Lipinski definition) is 3. The first kappa shape index (κ1) is 14.8. The number of halogens is 1. The summed E-state index contributed by atoms with van der Waals surface area (Å²) in [7, 11) is 2.23. The highest BCUT2D eigenvalue weighted by atomic mass is 35.5. The van der Waals surface area contributed by atoms with E-state index in [4.69, 9.17) is 11.6 Å². The fraction of sp³-hybridized carbons (Fsp3) is 0.750. The first-order valence-corrected chi connectivity index (χ1v) is 8.95. The van der Waals surface area contributed by atoms with Gasteiger partial charge in [0.15, 0.2) is 0 Å². The van der Waals surface area contributed by atoms with Gasteiger partial charge in [-0.15, -0.1) is 11.3 Å². The molecule has 112 valence electrons. The summed E-state index contributed by atoms with van der Waals surface area (Å²) in [5.41, 5.74) is 1.94. The van der Waals surface area contributed by atoms with Gasteiger partial charge in [0, 0.05) is 17.5 Å². The highest BCUT2D eigenvalue weighted by molar-refractivity contribution is 7.16. The predicted octanol–water partition coefficient (Wildman–Crippen LogP) is 4.10. The van der Waals surface area contributed by atoms with Gasteiger partial charge in [-0.2, -0.15) is 0 Å².